The van der Waals surface area contributed by atoms with Crippen LogP contribution in [0.25, 0.3) is 0 Å². The van der Waals surface area contributed by atoms with Gasteiger partial charge >= 0.3 is 0 Å². The first-order valence-corrected chi connectivity index (χ1v) is 7.36. The minimum Gasteiger partial charge on any atom is -0.496 e. The van der Waals surface area contributed by atoms with E-state index in [9.17, 15) is 5.26 Å². The van der Waals surface area contributed by atoms with Crippen molar-refractivity contribution in [1.29, 1.82) is 5.26 Å². The lowest BCUT2D eigenvalue weighted by molar-refractivity contribution is 0.408. The number of rotatable bonds is 5. The predicted molar refractivity (Wildman–Crippen MR) is 85.9 cm³/mol. The zero-order chi connectivity index (χ0) is 15.2. The summed E-state index contributed by atoms with van der Waals surface area (Å²) in [5.41, 5.74) is 3.20. The van der Waals surface area contributed by atoms with Gasteiger partial charge in [-0.2, -0.15) is 5.26 Å². The van der Waals surface area contributed by atoms with E-state index >= 15 is 0 Å². The third-order valence-corrected chi connectivity index (χ3v) is 3.80. The van der Waals surface area contributed by atoms with Crippen LogP contribution in [0, 0.1) is 11.3 Å². The Bertz CT molecular complexity index is 661. The van der Waals surface area contributed by atoms with Crippen molar-refractivity contribution in [1.82, 2.24) is 0 Å². The lowest BCUT2D eigenvalue weighted by atomic mass is 9.91. The molecule has 2 rings (SSSR count). The Morgan fingerprint density at radius 1 is 1.19 bits per heavy atom. The number of nitriles is 1. The molecule has 0 saturated heterocycles. The number of methoxy groups -OCH3 is 1. The largest absolute Gasteiger partial charge is 0.496 e. The van der Waals surface area contributed by atoms with Gasteiger partial charge in [0.05, 0.1) is 19.1 Å². The average molecular weight is 300 g/mol. The summed E-state index contributed by atoms with van der Waals surface area (Å²) in [5, 5.41) is 10.2. The maximum Gasteiger partial charge on any atom is 0.123 e. The fourth-order valence-corrected chi connectivity index (χ4v) is 2.61. The number of halogens is 1. The number of aryl methyl sites for hydroxylation is 1. The first-order chi connectivity index (χ1) is 10.2. The van der Waals surface area contributed by atoms with Crippen LogP contribution in [-0.4, -0.2) is 7.11 Å². The SMILES string of the molecule is CCc1ccc(OC)c(C(C#N)Cc2cccc(Cl)c2)c1. The second-order valence-electron chi connectivity index (χ2n) is 4.95. The molecule has 2 aromatic rings. The van der Waals surface area contributed by atoms with Crippen LogP contribution >= 0.6 is 11.6 Å². The van der Waals surface area contributed by atoms with Crippen molar-refractivity contribution in [3.63, 3.8) is 0 Å². The molecule has 0 aliphatic carbocycles. The monoisotopic (exact) mass is 299 g/mol. The lowest BCUT2D eigenvalue weighted by Gasteiger charge is -2.15. The Morgan fingerprint density at radius 3 is 2.62 bits per heavy atom. The highest BCUT2D eigenvalue weighted by atomic mass is 35.5. The summed E-state index contributed by atoms with van der Waals surface area (Å²) in [5.74, 6) is 0.519. The molecule has 0 N–H and O–H groups in total. The fourth-order valence-electron chi connectivity index (χ4n) is 2.40. The predicted octanol–water partition coefficient (Wildman–Crippen LogP) is 4.76. The average Bonchev–Trinajstić information content (AvgIpc) is 2.52. The van der Waals surface area contributed by atoms with Crippen molar-refractivity contribution in [2.75, 3.05) is 7.11 Å². The molecule has 0 fully saturated rings. The molecule has 2 nitrogen and oxygen atoms in total. The van der Waals surface area contributed by atoms with E-state index in [1.807, 2.05) is 36.4 Å². The van der Waals surface area contributed by atoms with Crippen molar-refractivity contribution in [2.45, 2.75) is 25.7 Å². The van der Waals surface area contributed by atoms with Gasteiger partial charge in [-0.1, -0.05) is 42.8 Å². The van der Waals surface area contributed by atoms with Crippen LogP contribution < -0.4 is 4.74 Å². The zero-order valence-corrected chi connectivity index (χ0v) is 13.0. The van der Waals surface area contributed by atoms with Gasteiger partial charge in [-0.25, -0.2) is 0 Å². The van der Waals surface area contributed by atoms with Crippen molar-refractivity contribution in [3.8, 4) is 11.8 Å². The summed E-state index contributed by atoms with van der Waals surface area (Å²) in [6.45, 7) is 2.10. The minimum atomic E-state index is -0.245. The molecule has 0 aromatic heterocycles. The standard InChI is InChI=1S/C18H18ClNO/c1-3-13-7-8-18(21-2)17(11-13)15(12-20)9-14-5-4-6-16(19)10-14/h4-8,10-11,15H,3,9H2,1-2H3. The van der Waals surface area contributed by atoms with Crippen molar-refractivity contribution in [2.24, 2.45) is 0 Å². The highest BCUT2D eigenvalue weighted by Gasteiger charge is 2.17. The molecule has 0 aliphatic heterocycles. The summed E-state index contributed by atoms with van der Waals surface area (Å²) in [7, 11) is 1.64. The molecule has 3 heteroatoms. The normalized spacial score (nSPS) is 11.7. The Morgan fingerprint density at radius 2 is 2.00 bits per heavy atom. The minimum absolute atomic E-state index is 0.245. The Hall–Kier alpha value is -1.98. The second kappa shape index (κ2) is 7.15. The smallest absolute Gasteiger partial charge is 0.123 e. The third-order valence-electron chi connectivity index (χ3n) is 3.56. The van der Waals surface area contributed by atoms with Gasteiger partial charge in [0.25, 0.3) is 0 Å². The first kappa shape index (κ1) is 15.4. The van der Waals surface area contributed by atoms with Crippen LogP contribution in [0.15, 0.2) is 42.5 Å². The summed E-state index contributed by atoms with van der Waals surface area (Å²) in [4.78, 5) is 0. The van der Waals surface area contributed by atoms with Gasteiger partial charge in [-0.3, -0.25) is 0 Å². The van der Waals surface area contributed by atoms with Gasteiger partial charge < -0.3 is 4.74 Å². The number of ether oxygens (including phenoxy) is 1. The van der Waals surface area contributed by atoms with Gasteiger partial charge in [-0.15, -0.1) is 0 Å². The van der Waals surface area contributed by atoms with Crippen molar-refractivity contribution >= 4 is 11.6 Å². The van der Waals surface area contributed by atoms with Crippen LogP contribution in [-0.2, 0) is 12.8 Å². The molecule has 1 unspecified atom stereocenters. The highest BCUT2D eigenvalue weighted by Crippen LogP contribution is 2.30. The van der Waals surface area contributed by atoms with Gasteiger partial charge in [-0.05, 0) is 42.2 Å². The number of hydrogen-bond donors (Lipinski definition) is 0. The van der Waals surface area contributed by atoms with Crippen LogP contribution in [0.4, 0.5) is 0 Å². The van der Waals surface area contributed by atoms with E-state index < -0.39 is 0 Å². The van der Waals surface area contributed by atoms with Crippen LogP contribution in [0.2, 0.25) is 5.02 Å². The molecule has 0 heterocycles. The molecule has 0 spiro atoms. The van der Waals surface area contributed by atoms with E-state index in [1.54, 1.807) is 7.11 Å². The van der Waals surface area contributed by atoms with Gasteiger partial charge in [0, 0.05) is 10.6 Å². The van der Waals surface area contributed by atoms with Gasteiger partial charge in [0.15, 0.2) is 0 Å². The quantitative estimate of drug-likeness (QED) is 0.797. The molecule has 0 aliphatic rings. The first-order valence-electron chi connectivity index (χ1n) is 6.98. The van der Waals surface area contributed by atoms with E-state index in [-0.39, 0.29) is 5.92 Å². The lowest BCUT2D eigenvalue weighted by Crippen LogP contribution is -2.04. The molecule has 2 aromatic carbocycles. The van der Waals surface area contributed by atoms with Crippen LogP contribution in [0.5, 0.6) is 5.75 Å². The van der Waals surface area contributed by atoms with Crippen molar-refractivity contribution < 1.29 is 4.74 Å². The molecule has 108 valence electrons. The van der Waals surface area contributed by atoms with E-state index in [0.717, 1.165) is 23.3 Å². The van der Waals surface area contributed by atoms with E-state index in [1.165, 1.54) is 5.56 Å². The maximum absolute atomic E-state index is 9.56. The summed E-state index contributed by atoms with van der Waals surface area (Å²) >= 11 is 6.02. The van der Waals surface area contributed by atoms with E-state index in [4.69, 9.17) is 16.3 Å². The summed E-state index contributed by atoms with van der Waals surface area (Å²) < 4.78 is 5.41. The number of nitrogens with zero attached hydrogens (tertiary/aromatic N) is 1. The zero-order valence-electron chi connectivity index (χ0n) is 12.3. The molecular formula is C18H18ClNO. The Balaban J connectivity index is 2.35. The number of hydrogen-bond acceptors (Lipinski definition) is 2. The maximum atomic E-state index is 9.56. The number of benzene rings is 2. The Kier molecular flexibility index (Phi) is 5.25. The molecule has 0 bridgehead atoms. The van der Waals surface area contributed by atoms with E-state index in [2.05, 4.69) is 19.1 Å². The summed E-state index contributed by atoms with van der Waals surface area (Å²) in [6, 6.07) is 16.1. The molecule has 0 amide bonds. The molecule has 0 radical (unpaired) electrons. The van der Waals surface area contributed by atoms with Gasteiger partial charge in [0.1, 0.15) is 5.75 Å². The third kappa shape index (κ3) is 3.77. The van der Waals surface area contributed by atoms with Gasteiger partial charge in [0.2, 0.25) is 0 Å². The van der Waals surface area contributed by atoms with E-state index in [0.29, 0.717) is 11.4 Å². The molecule has 1 atom stereocenters. The molecule has 21 heavy (non-hydrogen) atoms. The Labute approximate surface area is 130 Å². The summed E-state index contributed by atoms with van der Waals surface area (Å²) in [6.07, 6.45) is 1.56. The highest BCUT2D eigenvalue weighted by molar-refractivity contribution is 6.30. The van der Waals surface area contributed by atoms with Crippen LogP contribution in [0.3, 0.4) is 0 Å². The fraction of sp³-hybridized carbons (Fsp3) is 0.278. The van der Waals surface area contributed by atoms with Crippen LogP contribution in [0.1, 0.15) is 29.5 Å². The van der Waals surface area contributed by atoms with Crippen molar-refractivity contribution in [3.05, 3.63) is 64.2 Å². The topological polar surface area (TPSA) is 33.0 Å². The molecular weight excluding hydrogens is 282 g/mol. The molecule has 0 saturated carbocycles. The second-order valence-corrected chi connectivity index (χ2v) is 5.38.